The molecule has 0 unspecified atom stereocenters. The number of fused-ring (bicyclic) bond motifs is 3. The SMILES string of the molecule is CC.Cn1c(=O)c2c(N)nccc2c2ccc(Cl)cc21. The Morgan fingerprint density at radius 1 is 1.20 bits per heavy atom. The van der Waals surface area contributed by atoms with Gasteiger partial charge in [-0.25, -0.2) is 4.98 Å². The number of nitrogens with zero attached hydrogens (tertiary/aromatic N) is 2. The van der Waals surface area contributed by atoms with Gasteiger partial charge in [-0.15, -0.1) is 0 Å². The Morgan fingerprint density at radius 2 is 1.90 bits per heavy atom. The van der Waals surface area contributed by atoms with Crippen molar-refractivity contribution >= 4 is 39.1 Å². The molecule has 0 fully saturated rings. The molecule has 0 bridgehead atoms. The number of hydrogen-bond donors (Lipinski definition) is 1. The van der Waals surface area contributed by atoms with Crippen molar-refractivity contribution in [2.45, 2.75) is 13.8 Å². The number of anilines is 1. The summed E-state index contributed by atoms with van der Waals surface area (Å²) in [5, 5.41) is 2.79. The van der Waals surface area contributed by atoms with E-state index in [1.165, 1.54) is 0 Å². The number of rotatable bonds is 0. The van der Waals surface area contributed by atoms with Crippen molar-refractivity contribution in [2.24, 2.45) is 7.05 Å². The van der Waals surface area contributed by atoms with Crippen molar-refractivity contribution in [3.8, 4) is 0 Å². The van der Waals surface area contributed by atoms with Gasteiger partial charge in [0.05, 0.1) is 10.9 Å². The quantitative estimate of drug-likeness (QED) is 0.646. The van der Waals surface area contributed by atoms with Crippen molar-refractivity contribution in [3.63, 3.8) is 0 Å². The molecule has 0 spiro atoms. The lowest BCUT2D eigenvalue weighted by Crippen LogP contribution is -2.18. The molecule has 0 saturated heterocycles. The van der Waals surface area contributed by atoms with Crippen LogP contribution >= 0.6 is 11.6 Å². The molecule has 0 radical (unpaired) electrons. The molecule has 3 rings (SSSR count). The molecule has 1 aromatic carbocycles. The van der Waals surface area contributed by atoms with Crippen LogP contribution in [0.25, 0.3) is 21.7 Å². The summed E-state index contributed by atoms with van der Waals surface area (Å²) in [6, 6.07) is 7.25. The third kappa shape index (κ3) is 2.12. The smallest absolute Gasteiger partial charge is 0.262 e. The largest absolute Gasteiger partial charge is 0.383 e. The zero-order valence-corrected chi connectivity index (χ0v) is 12.4. The van der Waals surface area contributed by atoms with Crippen LogP contribution in [0, 0.1) is 0 Å². The average molecular weight is 290 g/mol. The molecule has 104 valence electrons. The van der Waals surface area contributed by atoms with E-state index in [9.17, 15) is 4.79 Å². The van der Waals surface area contributed by atoms with E-state index >= 15 is 0 Å². The Balaban J connectivity index is 0.000000704. The Morgan fingerprint density at radius 3 is 2.60 bits per heavy atom. The Bertz CT molecular complexity index is 840. The summed E-state index contributed by atoms with van der Waals surface area (Å²) in [6.07, 6.45) is 1.60. The van der Waals surface area contributed by atoms with Crippen molar-refractivity contribution in [3.05, 3.63) is 45.8 Å². The van der Waals surface area contributed by atoms with Gasteiger partial charge in [0.15, 0.2) is 0 Å². The maximum absolute atomic E-state index is 12.3. The molecule has 3 aromatic rings. The molecule has 2 aromatic heterocycles. The maximum atomic E-state index is 12.3. The van der Waals surface area contributed by atoms with Gasteiger partial charge in [-0.3, -0.25) is 4.79 Å². The summed E-state index contributed by atoms with van der Waals surface area (Å²) in [7, 11) is 1.70. The van der Waals surface area contributed by atoms with Crippen molar-refractivity contribution in [1.82, 2.24) is 9.55 Å². The van der Waals surface area contributed by atoms with E-state index in [0.29, 0.717) is 10.4 Å². The normalized spacial score (nSPS) is 10.4. The van der Waals surface area contributed by atoms with E-state index in [0.717, 1.165) is 16.3 Å². The van der Waals surface area contributed by atoms with Crippen molar-refractivity contribution in [1.29, 1.82) is 0 Å². The third-order valence-corrected chi connectivity index (χ3v) is 3.35. The van der Waals surface area contributed by atoms with Crippen LogP contribution in [0.15, 0.2) is 35.3 Å². The highest BCUT2D eigenvalue weighted by molar-refractivity contribution is 6.31. The average Bonchev–Trinajstić information content (AvgIpc) is 2.46. The van der Waals surface area contributed by atoms with Crippen molar-refractivity contribution in [2.75, 3.05) is 5.73 Å². The second-order valence-corrected chi connectivity index (χ2v) is 4.58. The maximum Gasteiger partial charge on any atom is 0.262 e. The molecule has 0 aliphatic rings. The predicted octanol–water partition coefficient (Wildman–Crippen LogP) is 3.35. The fourth-order valence-electron chi connectivity index (χ4n) is 2.21. The Hall–Kier alpha value is -2.07. The summed E-state index contributed by atoms with van der Waals surface area (Å²) in [5.41, 5.74) is 6.42. The van der Waals surface area contributed by atoms with Crippen LogP contribution in [-0.4, -0.2) is 9.55 Å². The standard InChI is InChI=1S/C13H10ClN3O.C2H6/c1-17-10-6-7(14)2-3-8(10)9-4-5-16-12(15)11(9)13(17)18;1-2/h2-6H,1H3,(H2,15,16);1-2H3. The van der Waals surface area contributed by atoms with Crippen molar-refractivity contribution < 1.29 is 0 Å². The summed E-state index contributed by atoms with van der Waals surface area (Å²) < 4.78 is 1.54. The first kappa shape index (κ1) is 14.3. The minimum Gasteiger partial charge on any atom is -0.383 e. The summed E-state index contributed by atoms with van der Waals surface area (Å²) >= 11 is 5.97. The molecule has 2 N–H and O–H groups in total. The molecule has 2 heterocycles. The van der Waals surface area contributed by atoms with Gasteiger partial charge in [0.2, 0.25) is 0 Å². The first-order chi connectivity index (χ1) is 9.59. The molecule has 0 aliphatic heterocycles. The third-order valence-electron chi connectivity index (χ3n) is 3.11. The lowest BCUT2D eigenvalue weighted by Gasteiger charge is -2.10. The van der Waals surface area contributed by atoms with Crippen LogP contribution in [0.2, 0.25) is 5.02 Å². The van der Waals surface area contributed by atoms with Gasteiger partial charge in [-0.2, -0.15) is 0 Å². The number of aromatic nitrogens is 2. The zero-order valence-electron chi connectivity index (χ0n) is 11.6. The van der Waals surface area contributed by atoms with Gasteiger partial charge in [0.1, 0.15) is 5.82 Å². The first-order valence-corrected chi connectivity index (χ1v) is 6.80. The summed E-state index contributed by atoms with van der Waals surface area (Å²) in [4.78, 5) is 16.2. The summed E-state index contributed by atoms with van der Waals surface area (Å²) in [6.45, 7) is 4.00. The Labute approximate surface area is 121 Å². The van der Waals surface area contributed by atoms with Crippen LogP contribution in [0.1, 0.15) is 13.8 Å². The van der Waals surface area contributed by atoms with Crippen LogP contribution in [0.3, 0.4) is 0 Å². The minimum absolute atomic E-state index is 0.162. The molecular formula is C15H16ClN3O. The lowest BCUT2D eigenvalue weighted by atomic mass is 10.1. The van der Waals surface area contributed by atoms with Crippen LogP contribution < -0.4 is 11.3 Å². The van der Waals surface area contributed by atoms with Gasteiger partial charge in [-0.1, -0.05) is 31.5 Å². The number of nitrogens with two attached hydrogens (primary N) is 1. The van der Waals surface area contributed by atoms with E-state index in [2.05, 4.69) is 4.98 Å². The molecular weight excluding hydrogens is 274 g/mol. The van der Waals surface area contributed by atoms with E-state index < -0.39 is 0 Å². The topological polar surface area (TPSA) is 60.9 Å². The van der Waals surface area contributed by atoms with Gasteiger partial charge in [0.25, 0.3) is 5.56 Å². The molecule has 4 nitrogen and oxygen atoms in total. The van der Waals surface area contributed by atoms with Gasteiger partial charge in [-0.05, 0) is 18.2 Å². The highest BCUT2D eigenvalue weighted by Gasteiger charge is 2.11. The number of benzene rings is 1. The lowest BCUT2D eigenvalue weighted by molar-refractivity contribution is 0.918. The van der Waals surface area contributed by atoms with Crippen LogP contribution in [-0.2, 0) is 7.05 Å². The van der Waals surface area contributed by atoms with E-state index in [-0.39, 0.29) is 11.4 Å². The fourth-order valence-corrected chi connectivity index (χ4v) is 2.38. The summed E-state index contributed by atoms with van der Waals surface area (Å²) in [5.74, 6) is 0.255. The number of hydrogen-bond acceptors (Lipinski definition) is 3. The number of nitrogen functional groups attached to an aromatic ring is 1. The molecule has 20 heavy (non-hydrogen) atoms. The monoisotopic (exact) mass is 289 g/mol. The van der Waals surface area contributed by atoms with Gasteiger partial charge < -0.3 is 10.3 Å². The number of aryl methyl sites for hydroxylation is 1. The fraction of sp³-hybridized carbons (Fsp3) is 0.200. The molecule has 0 saturated carbocycles. The minimum atomic E-state index is -0.162. The second-order valence-electron chi connectivity index (χ2n) is 4.14. The highest BCUT2D eigenvalue weighted by Crippen LogP contribution is 2.26. The van der Waals surface area contributed by atoms with E-state index in [4.69, 9.17) is 17.3 Å². The zero-order chi connectivity index (χ0) is 14.9. The molecule has 0 atom stereocenters. The van der Waals surface area contributed by atoms with E-state index in [1.807, 2.05) is 19.9 Å². The predicted molar refractivity (Wildman–Crippen MR) is 85.3 cm³/mol. The molecule has 5 heteroatoms. The van der Waals surface area contributed by atoms with Crippen LogP contribution in [0.4, 0.5) is 5.82 Å². The van der Waals surface area contributed by atoms with Crippen LogP contribution in [0.5, 0.6) is 0 Å². The second kappa shape index (κ2) is 5.51. The van der Waals surface area contributed by atoms with Gasteiger partial charge in [0, 0.05) is 29.0 Å². The number of pyridine rings is 2. The molecule has 0 aliphatic carbocycles. The first-order valence-electron chi connectivity index (χ1n) is 6.42. The number of halogens is 1. The highest BCUT2D eigenvalue weighted by atomic mass is 35.5. The molecule has 0 amide bonds. The Kier molecular flexibility index (Phi) is 3.95. The van der Waals surface area contributed by atoms with E-state index in [1.54, 1.807) is 36.0 Å². The van der Waals surface area contributed by atoms with Gasteiger partial charge >= 0.3 is 0 Å².